The van der Waals surface area contributed by atoms with E-state index in [1.165, 1.54) is 24.3 Å². The molecule has 21 heavy (non-hydrogen) atoms. The summed E-state index contributed by atoms with van der Waals surface area (Å²) in [5.41, 5.74) is 6.02. The van der Waals surface area contributed by atoms with Crippen molar-refractivity contribution in [2.24, 2.45) is 10.1 Å². The van der Waals surface area contributed by atoms with Gasteiger partial charge >= 0.3 is 0 Å². The molecule has 0 bridgehead atoms. The van der Waals surface area contributed by atoms with Crippen LogP contribution in [0.1, 0.15) is 11.1 Å². The van der Waals surface area contributed by atoms with Crippen molar-refractivity contribution in [3.63, 3.8) is 0 Å². The molecule has 1 heterocycles. The summed E-state index contributed by atoms with van der Waals surface area (Å²) in [4.78, 5) is 0.0747. The van der Waals surface area contributed by atoms with Crippen molar-refractivity contribution < 1.29 is 17.5 Å². The van der Waals surface area contributed by atoms with Crippen LogP contribution in [0.5, 0.6) is 5.75 Å². The number of sulfonamides is 1. The third kappa shape index (κ3) is 2.30. The monoisotopic (exact) mass is 306 g/mol. The molecule has 2 aromatic rings. The summed E-state index contributed by atoms with van der Waals surface area (Å²) in [6.07, 6.45) is 0. The topological polar surface area (TPSA) is 81.8 Å². The van der Waals surface area contributed by atoms with Gasteiger partial charge in [-0.15, -0.1) is 4.40 Å². The molecule has 3 rings (SSSR count). The molecule has 2 N–H and O–H groups in total. The van der Waals surface area contributed by atoms with E-state index >= 15 is 0 Å². The first-order valence-electron chi connectivity index (χ1n) is 6.12. The lowest BCUT2D eigenvalue weighted by atomic mass is 10.2. The zero-order valence-corrected chi connectivity index (χ0v) is 11.6. The maximum absolute atomic E-state index is 13.7. The first-order chi connectivity index (χ1) is 10.0. The molecule has 0 aliphatic carbocycles. The number of fused-ring (bicyclic) bond motifs is 1. The second-order valence-electron chi connectivity index (χ2n) is 4.39. The van der Waals surface area contributed by atoms with Gasteiger partial charge in [-0.2, -0.15) is 8.42 Å². The number of hydrogen-bond donors (Lipinski definition) is 1. The number of benzene rings is 2. The first kappa shape index (κ1) is 13.7. The summed E-state index contributed by atoms with van der Waals surface area (Å²) >= 11 is 0. The Morgan fingerprint density at radius 1 is 1.14 bits per heavy atom. The van der Waals surface area contributed by atoms with Crippen molar-refractivity contribution in [3.8, 4) is 5.75 Å². The molecular weight excluding hydrogens is 295 g/mol. The van der Waals surface area contributed by atoms with Crippen LogP contribution in [0.2, 0.25) is 0 Å². The molecule has 0 amide bonds. The van der Waals surface area contributed by atoms with Gasteiger partial charge in [-0.3, -0.25) is 0 Å². The second-order valence-corrected chi connectivity index (χ2v) is 5.96. The molecule has 5 nitrogen and oxygen atoms in total. The van der Waals surface area contributed by atoms with Gasteiger partial charge in [0.2, 0.25) is 5.90 Å². The van der Waals surface area contributed by atoms with E-state index in [4.69, 9.17) is 10.5 Å². The van der Waals surface area contributed by atoms with Crippen molar-refractivity contribution in [2.75, 3.05) is 0 Å². The van der Waals surface area contributed by atoms with Gasteiger partial charge in [0.05, 0.1) is 5.56 Å². The molecule has 0 saturated carbocycles. The van der Waals surface area contributed by atoms with E-state index in [2.05, 4.69) is 4.40 Å². The highest BCUT2D eigenvalue weighted by atomic mass is 32.2. The minimum Gasteiger partial charge on any atom is -0.437 e. The summed E-state index contributed by atoms with van der Waals surface area (Å²) < 4.78 is 46.6. The third-order valence-corrected chi connectivity index (χ3v) is 4.40. The predicted octanol–water partition coefficient (Wildman–Crippen LogP) is 1.81. The Bertz CT molecular complexity index is 847. The van der Waals surface area contributed by atoms with Crippen LogP contribution in [-0.2, 0) is 16.6 Å². The van der Waals surface area contributed by atoms with E-state index in [1.807, 2.05) is 0 Å². The molecular formula is C14H11FN2O3S. The van der Waals surface area contributed by atoms with E-state index in [9.17, 15) is 12.8 Å². The van der Waals surface area contributed by atoms with Crippen LogP contribution >= 0.6 is 0 Å². The van der Waals surface area contributed by atoms with Gasteiger partial charge in [-0.05, 0) is 24.3 Å². The van der Waals surface area contributed by atoms with Crippen LogP contribution in [0.15, 0.2) is 51.8 Å². The van der Waals surface area contributed by atoms with Crippen LogP contribution in [0.3, 0.4) is 0 Å². The van der Waals surface area contributed by atoms with E-state index < -0.39 is 15.8 Å². The highest BCUT2D eigenvalue weighted by Crippen LogP contribution is 2.29. The van der Waals surface area contributed by atoms with Crippen LogP contribution in [-0.4, -0.2) is 14.3 Å². The molecule has 1 aliphatic heterocycles. The molecule has 2 aromatic carbocycles. The van der Waals surface area contributed by atoms with Gasteiger partial charge in [-0.25, -0.2) is 4.39 Å². The third-order valence-electron chi connectivity index (χ3n) is 3.09. The molecule has 7 heteroatoms. The highest BCUT2D eigenvalue weighted by Gasteiger charge is 2.30. The van der Waals surface area contributed by atoms with Crippen molar-refractivity contribution in [3.05, 3.63) is 59.4 Å². The number of nitrogens with two attached hydrogens (primary N) is 1. The van der Waals surface area contributed by atoms with E-state index in [0.29, 0.717) is 5.56 Å². The zero-order valence-electron chi connectivity index (χ0n) is 10.8. The molecule has 0 saturated heterocycles. The molecule has 0 spiro atoms. The molecule has 108 valence electrons. The van der Waals surface area contributed by atoms with Crippen molar-refractivity contribution in [2.45, 2.75) is 11.4 Å². The Labute approximate surface area is 120 Å². The number of halogens is 1. The van der Waals surface area contributed by atoms with Crippen LogP contribution in [0.25, 0.3) is 0 Å². The van der Waals surface area contributed by atoms with Gasteiger partial charge in [0.25, 0.3) is 10.0 Å². The van der Waals surface area contributed by atoms with E-state index in [1.54, 1.807) is 18.2 Å². The van der Waals surface area contributed by atoms with Crippen LogP contribution in [0, 0.1) is 5.82 Å². The van der Waals surface area contributed by atoms with Gasteiger partial charge in [-0.1, -0.05) is 18.2 Å². The molecule has 1 aliphatic rings. The Morgan fingerprint density at radius 3 is 2.67 bits per heavy atom. The lowest BCUT2D eigenvalue weighted by Gasteiger charge is -2.10. The SMILES string of the molecule is NCc1c(F)cccc1OC1=NS(=O)(=O)c2ccccc21. The maximum atomic E-state index is 13.7. The fraction of sp³-hybridized carbons (Fsp3) is 0.0714. The van der Waals surface area contributed by atoms with E-state index in [0.717, 1.165) is 0 Å². The Morgan fingerprint density at radius 2 is 1.90 bits per heavy atom. The van der Waals surface area contributed by atoms with Crippen molar-refractivity contribution in [1.29, 1.82) is 0 Å². The smallest absolute Gasteiger partial charge is 0.286 e. The quantitative estimate of drug-likeness (QED) is 0.917. The summed E-state index contributed by atoms with van der Waals surface area (Å²) in [5, 5.41) is 0. The Hall–Kier alpha value is -2.25. The maximum Gasteiger partial charge on any atom is 0.286 e. The Balaban J connectivity index is 2.07. The molecule has 0 unspecified atom stereocenters. The highest BCUT2D eigenvalue weighted by molar-refractivity contribution is 7.90. The summed E-state index contributed by atoms with van der Waals surface area (Å²) in [5.74, 6) is -0.432. The Kier molecular flexibility index (Phi) is 3.23. The summed E-state index contributed by atoms with van der Waals surface area (Å²) in [7, 11) is -3.77. The fourth-order valence-corrected chi connectivity index (χ4v) is 3.22. The normalized spacial score (nSPS) is 15.4. The standard InChI is InChI=1S/C14H11FN2O3S/c15-11-5-3-6-12(10(11)8-16)20-14-9-4-1-2-7-13(9)21(18,19)17-14/h1-7H,8,16H2. The molecule has 0 fully saturated rings. The van der Waals surface area contributed by atoms with Crippen LogP contribution < -0.4 is 10.5 Å². The number of hydrogen-bond acceptors (Lipinski definition) is 4. The van der Waals surface area contributed by atoms with Gasteiger partial charge in [0.1, 0.15) is 16.5 Å². The molecule has 0 aromatic heterocycles. The average Bonchev–Trinajstić information content (AvgIpc) is 2.71. The minimum atomic E-state index is -3.77. The lowest BCUT2D eigenvalue weighted by Crippen LogP contribution is -2.11. The van der Waals surface area contributed by atoms with Crippen molar-refractivity contribution in [1.82, 2.24) is 0 Å². The van der Waals surface area contributed by atoms with Gasteiger partial charge in [0.15, 0.2) is 0 Å². The minimum absolute atomic E-state index is 0.0658. The van der Waals surface area contributed by atoms with E-state index in [-0.39, 0.29) is 28.7 Å². The van der Waals surface area contributed by atoms with Crippen molar-refractivity contribution >= 4 is 15.9 Å². The molecule has 0 atom stereocenters. The fourth-order valence-electron chi connectivity index (χ4n) is 2.09. The number of ether oxygens (including phenoxy) is 1. The number of rotatable bonds is 2. The summed E-state index contributed by atoms with van der Waals surface area (Å²) in [6, 6.07) is 10.5. The largest absolute Gasteiger partial charge is 0.437 e. The predicted molar refractivity (Wildman–Crippen MR) is 75.1 cm³/mol. The molecule has 0 radical (unpaired) electrons. The second kappa shape index (κ2) is 4.94. The average molecular weight is 306 g/mol. The van der Waals surface area contributed by atoms with Crippen LogP contribution in [0.4, 0.5) is 4.39 Å². The first-order valence-corrected chi connectivity index (χ1v) is 7.56. The lowest BCUT2D eigenvalue weighted by molar-refractivity contribution is 0.527. The number of nitrogens with zero attached hydrogens (tertiary/aromatic N) is 1. The zero-order chi connectivity index (χ0) is 15.0. The van der Waals surface area contributed by atoms with Gasteiger partial charge in [0, 0.05) is 12.1 Å². The summed E-state index contributed by atoms with van der Waals surface area (Å²) in [6.45, 7) is -0.0658. The van der Waals surface area contributed by atoms with Gasteiger partial charge < -0.3 is 10.5 Å².